The highest BCUT2D eigenvalue weighted by Gasteiger charge is 2.31. The lowest BCUT2D eigenvalue weighted by Crippen LogP contribution is -2.28. The number of rotatable bonds is 2. The van der Waals surface area contributed by atoms with Crippen molar-refractivity contribution in [3.63, 3.8) is 0 Å². The van der Waals surface area contributed by atoms with E-state index in [1.54, 1.807) is 0 Å². The largest absolute Gasteiger partial charge is 0.335 e. The first-order valence-electron chi connectivity index (χ1n) is 5.31. The van der Waals surface area contributed by atoms with Gasteiger partial charge < -0.3 is 4.90 Å². The second-order valence-corrected chi connectivity index (χ2v) is 5.78. The van der Waals surface area contributed by atoms with Crippen LogP contribution in [0.5, 0.6) is 0 Å². The number of hydrogen-bond donors (Lipinski definition) is 1. The molecule has 2 nitrogen and oxygen atoms in total. The van der Waals surface area contributed by atoms with Crippen LogP contribution >= 0.6 is 28.6 Å². The second-order valence-electron chi connectivity index (χ2n) is 4.14. The zero-order valence-corrected chi connectivity index (χ0v) is 11.5. The maximum Gasteiger partial charge on any atom is 0.224 e. The van der Waals surface area contributed by atoms with Crippen LogP contribution in [0, 0.1) is 0 Å². The van der Waals surface area contributed by atoms with Gasteiger partial charge in [-0.2, -0.15) is 12.6 Å². The zero-order chi connectivity index (χ0) is 11.7. The zero-order valence-electron chi connectivity index (χ0n) is 9.06. The summed E-state index contributed by atoms with van der Waals surface area (Å²) in [6, 6.07) is 8.22. The molecule has 2 unspecified atom stereocenters. The Kier molecular flexibility index (Phi) is 3.60. The predicted molar refractivity (Wildman–Crippen MR) is 71.7 cm³/mol. The van der Waals surface area contributed by atoms with Gasteiger partial charge in [-0.25, -0.2) is 0 Å². The minimum absolute atomic E-state index is 0.127. The monoisotopic (exact) mass is 299 g/mol. The fourth-order valence-corrected chi connectivity index (χ4v) is 2.78. The van der Waals surface area contributed by atoms with Crippen molar-refractivity contribution in [2.75, 3.05) is 6.54 Å². The Labute approximate surface area is 110 Å². The van der Waals surface area contributed by atoms with Gasteiger partial charge in [0.1, 0.15) is 0 Å². The molecule has 0 aliphatic carbocycles. The van der Waals surface area contributed by atoms with Crippen LogP contribution in [0.1, 0.15) is 24.9 Å². The summed E-state index contributed by atoms with van der Waals surface area (Å²) in [7, 11) is 0. The number of amides is 1. The van der Waals surface area contributed by atoms with Crippen molar-refractivity contribution in [1.82, 2.24) is 4.90 Å². The molecular formula is C12H14BrNOS. The molecule has 2 atom stereocenters. The van der Waals surface area contributed by atoms with E-state index in [0.717, 1.165) is 16.6 Å². The Morgan fingerprint density at radius 2 is 2.31 bits per heavy atom. The third kappa shape index (κ3) is 2.43. The lowest BCUT2D eigenvalue weighted by Gasteiger charge is -2.25. The molecule has 0 spiro atoms. The van der Waals surface area contributed by atoms with Gasteiger partial charge in [-0.05, 0) is 24.6 Å². The summed E-state index contributed by atoms with van der Waals surface area (Å²) in [6.45, 7) is 2.81. The quantitative estimate of drug-likeness (QED) is 0.832. The van der Waals surface area contributed by atoms with E-state index in [4.69, 9.17) is 0 Å². The van der Waals surface area contributed by atoms with Gasteiger partial charge in [0.2, 0.25) is 5.91 Å². The van der Waals surface area contributed by atoms with Gasteiger partial charge in [0.05, 0.1) is 6.04 Å². The molecule has 1 saturated heterocycles. The fourth-order valence-electron chi connectivity index (χ4n) is 2.03. The Morgan fingerprint density at radius 3 is 2.88 bits per heavy atom. The Morgan fingerprint density at radius 1 is 1.56 bits per heavy atom. The number of halogens is 1. The molecule has 86 valence electrons. The summed E-state index contributed by atoms with van der Waals surface area (Å²) < 4.78 is 1.05. The highest BCUT2D eigenvalue weighted by Crippen LogP contribution is 2.28. The maximum atomic E-state index is 11.7. The highest BCUT2D eigenvalue weighted by molar-refractivity contribution is 9.10. The minimum atomic E-state index is 0.127. The number of benzene rings is 1. The molecule has 1 fully saturated rings. The normalized spacial score (nSPS) is 22.6. The van der Waals surface area contributed by atoms with Crippen LogP contribution in [-0.4, -0.2) is 22.6 Å². The summed E-state index contributed by atoms with van der Waals surface area (Å²) in [4.78, 5) is 13.7. The fraction of sp³-hybridized carbons (Fsp3) is 0.417. The molecule has 1 aliphatic rings. The average Bonchev–Trinajstić information content (AvgIpc) is 2.57. The van der Waals surface area contributed by atoms with E-state index in [1.165, 1.54) is 0 Å². The molecule has 1 aromatic rings. The molecule has 0 saturated carbocycles. The summed E-state index contributed by atoms with van der Waals surface area (Å²) in [5.41, 5.74) is 1.16. The van der Waals surface area contributed by atoms with Crippen LogP contribution in [0.4, 0.5) is 0 Å². The highest BCUT2D eigenvalue weighted by atomic mass is 79.9. The summed E-state index contributed by atoms with van der Waals surface area (Å²) in [5, 5.41) is 0.183. The van der Waals surface area contributed by atoms with Gasteiger partial charge in [0.25, 0.3) is 0 Å². The van der Waals surface area contributed by atoms with E-state index < -0.39 is 0 Å². The molecule has 1 aliphatic heterocycles. The number of hydrogen-bond acceptors (Lipinski definition) is 2. The SMILES string of the molecule is CC(c1cccc(Br)c1)N1CC(S)CC1=O. The molecular weight excluding hydrogens is 286 g/mol. The number of thiol groups is 1. The topological polar surface area (TPSA) is 20.3 Å². The van der Waals surface area contributed by atoms with E-state index in [9.17, 15) is 4.79 Å². The molecule has 0 N–H and O–H groups in total. The van der Waals surface area contributed by atoms with Crippen molar-refractivity contribution in [3.8, 4) is 0 Å². The van der Waals surface area contributed by atoms with Crippen LogP contribution in [-0.2, 0) is 4.79 Å². The van der Waals surface area contributed by atoms with Crippen molar-refractivity contribution < 1.29 is 4.79 Å². The second kappa shape index (κ2) is 4.80. The Hall–Kier alpha value is -0.480. The van der Waals surface area contributed by atoms with E-state index in [-0.39, 0.29) is 17.2 Å². The lowest BCUT2D eigenvalue weighted by atomic mass is 10.1. The van der Waals surface area contributed by atoms with E-state index in [2.05, 4.69) is 47.6 Å². The predicted octanol–water partition coefficient (Wildman–Crippen LogP) is 3.04. The molecule has 1 heterocycles. The molecule has 1 aromatic carbocycles. The first-order valence-corrected chi connectivity index (χ1v) is 6.62. The van der Waals surface area contributed by atoms with Gasteiger partial charge in [0.15, 0.2) is 0 Å². The van der Waals surface area contributed by atoms with Gasteiger partial charge in [-0.3, -0.25) is 4.79 Å². The molecule has 16 heavy (non-hydrogen) atoms. The molecule has 0 bridgehead atoms. The third-order valence-corrected chi connectivity index (χ3v) is 3.78. The van der Waals surface area contributed by atoms with Crippen LogP contribution in [0.15, 0.2) is 28.7 Å². The third-order valence-electron chi connectivity index (χ3n) is 2.94. The van der Waals surface area contributed by atoms with E-state index in [0.29, 0.717) is 6.42 Å². The molecule has 0 aromatic heterocycles. The average molecular weight is 300 g/mol. The van der Waals surface area contributed by atoms with Gasteiger partial charge in [-0.15, -0.1) is 0 Å². The number of carbonyl (C=O) groups excluding carboxylic acids is 1. The summed E-state index contributed by atoms with van der Waals surface area (Å²) >= 11 is 7.81. The molecule has 1 amide bonds. The number of likely N-dealkylation sites (tertiary alicyclic amines) is 1. The van der Waals surface area contributed by atoms with Crippen molar-refractivity contribution >= 4 is 34.5 Å². The van der Waals surface area contributed by atoms with E-state index >= 15 is 0 Å². The summed E-state index contributed by atoms with van der Waals surface area (Å²) in [6.07, 6.45) is 0.557. The smallest absolute Gasteiger partial charge is 0.224 e. The van der Waals surface area contributed by atoms with Crippen LogP contribution in [0.25, 0.3) is 0 Å². The van der Waals surface area contributed by atoms with Crippen molar-refractivity contribution in [2.45, 2.75) is 24.6 Å². The van der Waals surface area contributed by atoms with Gasteiger partial charge in [-0.1, -0.05) is 28.1 Å². The summed E-state index contributed by atoms with van der Waals surface area (Å²) in [5.74, 6) is 0.201. The van der Waals surface area contributed by atoms with Crippen LogP contribution in [0.2, 0.25) is 0 Å². The minimum Gasteiger partial charge on any atom is -0.335 e. The van der Waals surface area contributed by atoms with Crippen molar-refractivity contribution in [1.29, 1.82) is 0 Å². The van der Waals surface area contributed by atoms with Crippen LogP contribution < -0.4 is 0 Å². The Bertz CT molecular complexity index is 410. The first kappa shape index (κ1) is 12.0. The van der Waals surface area contributed by atoms with E-state index in [1.807, 2.05) is 17.0 Å². The molecule has 4 heteroatoms. The number of carbonyl (C=O) groups is 1. The molecule has 0 radical (unpaired) electrons. The van der Waals surface area contributed by atoms with Crippen molar-refractivity contribution in [2.24, 2.45) is 0 Å². The first-order chi connectivity index (χ1) is 7.58. The van der Waals surface area contributed by atoms with Crippen LogP contribution in [0.3, 0.4) is 0 Å². The maximum absolute atomic E-state index is 11.7. The Balaban J connectivity index is 2.19. The van der Waals surface area contributed by atoms with Crippen molar-refractivity contribution in [3.05, 3.63) is 34.3 Å². The molecule has 2 rings (SSSR count). The van der Waals surface area contributed by atoms with Gasteiger partial charge in [0, 0.05) is 22.7 Å². The number of nitrogens with zero attached hydrogens (tertiary/aromatic N) is 1. The lowest BCUT2D eigenvalue weighted by molar-refractivity contribution is -0.129. The standard InChI is InChI=1S/C12H14BrNOS/c1-8(9-3-2-4-10(13)5-9)14-7-11(16)6-12(14)15/h2-5,8,11,16H,6-7H2,1H3. The van der Waals surface area contributed by atoms with Gasteiger partial charge >= 0.3 is 0 Å².